The summed E-state index contributed by atoms with van der Waals surface area (Å²) >= 11 is 0. The molecule has 41 heavy (non-hydrogen) atoms. The topological polar surface area (TPSA) is 154 Å². The van der Waals surface area contributed by atoms with Crippen molar-refractivity contribution in [2.24, 2.45) is 35.3 Å². The van der Waals surface area contributed by atoms with Crippen molar-refractivity contribution in [1.82, 2.24) is 0 Å². The van der Waals surface area contributed by atoms with Crippen LogP contribution in [0.5, 0.6) is 0 Å². The molecule has 0 aromatic heterocycles. The molecule has 0 radical (unpaired) electrons. The van der Waals surface area contributed by atoms with Crippen LogP contribution < -0.4 is 16.4 Å². The Morgan fingerprint density at radius 3 is 2.63 bits per heavy atom. The molecule has 1 spiro atoms. The van der Waals surface area contributed by atoms with Gasteiger partial charge in [-0.25, -0.2) is 4.79 Å². The molecule has 6 fully saturated rings. The van der Waals surface area contributed by atoms with Crippen molar-refractivity contribution in [2.75, 3.05) is 20.1 Å². The standard InChI is InChI=1S/C31H51N3O7/c1-16-11-20(35)26-21(38-16)14-22-25(27(26)36)19-12-18(15-33-4)7-9-31(29(37)39-28(19)30(2,3)40-22)23(41-31)6-5-17-8-10-34-24(32)13-17/h16-19,21-28,33-34,36H,5-15,32H2,1-4H3/p+2. The van der Waals surface area contributed by atoms with E-state index in [9.17, 15) is 14.7 Å². The van der Waals surface area contributed by atoms with E-state index in [2.05, 4.69) is 17.7 Å². The van der Waals surface area contributed by atoms with Gasteiger partial charge in [-0.2, -0.15) is 0 Å². The molecule has 6 aliphatic rings. The molecular formula is C31H53N3O7+2. The van der Waals surface area contributed by atoms with Crippen LogP contribution in [0.25, 0.3) is 0 Å². The first-order valence-electron chi connectivity index (χ1n) is 16.3. The zero-order valence-corrected chi connectivity index (χ0v) is 25.3. The number of piperidine rings is 1. The number of carbonyl (C=O) groups excluding carboxylic acids is 2. The summed E-state index contributed by atoms with van der Waals surface area (Å²) in [5.41, 5.74) is 4.54. The number of aliphatic hydroxyl groups excluding tert-OH is 1. The fourth-order valence-corrected chi connectivity index (χ4v) is 9.35. The van der Waals surface area contributed by atoms with Crippen molar-refractivity contribution >= 4 is 11.8 Å². The largest absolute Gasteiger partial charge is 0.457 e. The first-order valence-corrected chi connectivity index (χ1v) is 16.3. The maximum atomic E-state index is 14.0. The smallest absolute Gasteiger partial charge is 0.341 e. The molecule has 10 nitrogen and oxygen atoms in total. The summed E-state index contributed by atoms with van der Waals surface area (Å²) in [6.07, 6.45) is 5.13. The van der Waals surface area contributed by atoms with Crippen LogP contribution in [-0.2, 0) is 28.5 Å². The number of epoxide rings is 1. The second-order valence-electron chi connectivity index (χ2n) is 14.7. The molecular weight excluding hydrogens is 526 g/mol. The van der Waals surface area contributed by atoms with E-state index in [1.165, 1.54) is 0 Å². The summed E-state index contributed by atoms with van der Waals surface area (Å²) in [5, 5.41) is 16.2. The van der Waals surface area contributed by atoms with Gasteiger partial charge in [0.05, 0.1) is 56.6 Å². The highest BCUT2D eigenvalue weighted by Crippen LogP contribution is 2.54. The van der Waals surface area contributed by atoms with E-state index < -0.39 is 29.3 Å². The molecule has 0 aromatic carbocycles. The van der Waals surface area contributed by atoms with Crippen LogP contribution in [0.2, 0.25) is 0 Å². The highest BCUT2D eigenvalue weighted by atomic mass is 16.7. The first-order chi connectivity index (χ1) is 19.5. The highest BCUT2D eigenvalue weighted by molar-refractivity contribution is 5.84. The van der Waals surface area contributed by atoms with Gasteiger partial charge in [-0.05, 0) is 65.2 Å². The van der Waals surface area contributed by atoms with Crippen LogP contribution in [0.4, 0.5) is 0 Å². The molecule has 5 heterocycles. The lowest BCUT2D eigenvalue weighted by Crippen LogP contribution is -2.94. The van der Waals surface area contributed by atoms with E-state index >= 15 is 0 Å². The predicted octanol–water partition coefficient (Wildman–Crippen LogP) is -0.395. The molecule has 5 aliphatic heterocycles. The maximum absolute atomic E-state index is 14.0. The lowest BCUT2D eigenvalue weighted by Gasteiger charge is -2.57. The second-order valence-corrected chi connectivity index (χ2v) is 14.7. The summed E-state index contributed by atoms with van der Waals surface area (Å²) in [6, 6.07) is 0. The van der Waals surface area contributed by atoms with Gasteiger partial charge in [-0.15, -0.1) is 0 Å². The van der Waals surface area contributed by atoms with Gasteiger partial charge in [0.25, 0.3) is 0 Å². The minimum atomic E-state index is -0.893. The average Bonchev–Trinajstić information content (AvgIpc) is 3.60. The number of ketones is 1. The third-order valence-corrected chi connectivity index (χ3v) is 11.3. The molecule has 0 aromatic rings. The van der Waals surface area contributed by atoms with E-state index in [4.69, 9.17) is 24.7 Å². The minimum Gasteiger partial charge on any atom is -0.457 e. The van der Waals surface area contributed by atoms with Crippen molar-refractivity contribution < 1.29 is 44.3 Å². The van der Waals surface area contributed by atoms with Gasteiger partial charge in [0.15, 0.2) is 5.60 Å². The van der Waals surface area contributed by atoms with Crippen LogP contribution >= 0.6 is 0 Å². The zero-order valence-electron chi connectivity index (χ0n) is 25.3. The molecule has 5 saturated heterocycles. The number of nitrogens with two attached hydrogens (primary N) is 3. The molecule has 6 rings (SSSR count). The number of rotatable bonds is 5. The lowest BCUT2D eigenvalue weighted by atomic mass is 9.61. The molecule has 1 saturated carbocycles. The SMILES string of the molecule is C[NH2+]CC1CCC2(OC2CCC2CC[NH2+]C(N)C2)C(=O)OC2C(C1)C1C(CC3OC(C)CC(=O)C3C1O)OC2(C)C. The quantitative estimate of drug-likeness (QED) is 0.254. The third kappa shape index (κ3) is 5.63. The number of fused-ring (bicyclic) bond motifs is 4. The van der Waals surface area contributed by atoms with Gasteiger partial charge in [0, 0.05) is 37.0 Å². The van der Waals surface area contributed by atoms with Crippen LogP contribution in [-0.4, -0.2) is 91.0 Å². The number of aliphatic hydroxyl groups is 1. The van der Waals surface area contributed by atoms with Crippen LogP contribution in [0.15, 0.2) is 0 Å². The molecule has 0 bridgehead atoms. The van der Waals surface area contributed by atoms with E-state index in [0.717, 1.165) is 51.6 Å². The van der Waals surface area contributed by atoms with Crippen LogP contribution in [0.3, 0.4) is 0 Å². The van der Waals surface area contributed by atoms with Crippen molar-refractivity contribution in [3.63, 3.8) is 0 Å². The molecule has 13 atom stereocenters. The average molecular weight is 580 g/mol. The van der Waals surface area contributed by atoms with Crippen LogP contribution in [0.1, 0.15) is 78.6 Å². The van der Waals surface area contributed by atoms with Gasteiger partial charge in [-0.1, -0.05) is 0 Å². The van der Waals surface area contributed by atoms with Crippen LogP contribution in [0, 0.1) is 29.6 Å². The number of hydrogen-bond donors (Lipinski definition) is 4. The third-order valence-electron chi connectivity index (χ3n) is 11.3. The van der Waals surface area contributed by atoms with Crippen molar-refractivity contribution in [3.8, 4) is 0 Å². The molecule has 232 valence electrons. The number of Topliss-reactive ketones (excluding diaryl/α,β-unsaturated/α-hetero) is 1. The normalized spacial score (nSPS) is 49.5. The number of quaternary nitrogens is 2. The number of hydrogen-bond acceptors (Lipinski definition) is 8. The fourth-order valence-electron chi connectivity index (χ4n) is 9.35. The molecule has 0 amide bonds. The Morgan fingerprint density at radius 1 is 1.07 bits per heavy atom. The number of ether oxygens (including phenoxy) is 4. The molecule has 7 N–H and O–H groups in total. The van der Waals surface area contributed by atoms with E-state index in [0.29, 0.717) is 31.1 Å². The predicted molar refractivity (Wildman–Crippen MR) is 148 cm³/mol. The summed E-state index contributed by atoms with van der Waals surface area (Å²) in [4.78, 5) is 27.1. The molecule has 10 heteroatoms. The maximum Gasteiger partial charge on any atom is 0.341 e. The summed E-state index contributed by atoms with van der Waals surface area (Å²) < 4.78 is 25.6. The van der Waals surface area contributed by atoms with Gasteiger partial charge in [0.1, 0.15) is 23.7 Å². The lowest BCUT2D eigenvalue weighted by molar-refractivity contribution is -0.699. The van der Waals surface area contributed by atoms with Crippen molar-refractivity contribution in [3.05, 3.63) is 0 Å². The van der Waals surface area contributed by atoms with Gasteiger partial charge < -0.3 is 34.7 Å². The Bertz CT molecular complexity index is 995. The van der Waals surface area contributed by atoms with Gasteiger partial charge >= 0.3 is 5.97 Å². The summed E-state index contributed by atoms with van der Waals surface area (Å²) in [5.74, 6) is -0.267. The zero-order chi connectivity index (χ0) is 29.1. The van der Waals surface area contributed by atoms with Gasteiger partial charge in [0.2, 0.25) is 0 Å². The van der Waals surface area contributed by atoms with E-state index in [1.54, 1.807) is 0 Å². The van der Waals surface area contributed by atoms with E-state index in [1.807, 2.05) is 20.8 Å². The molecule has 1 aliphatic carbocycles. The fraction of sp³-hybridized carbons (Fsp3) is 0.935. The number of esters is 1. The van der Waals surface area contributed by atoms with Crippen molar-refractivity contribution in [1.29, 1.82) is 0 Å². The highest BCUT2D eigenvalue weighted by Gasteiger charge is 2.66. The Labute approximate surface area is 244 Å². The molecule has 13 unspecified atom stereocenters. The Kier molecular flexibility index (Phi) is 8.33. The van der Waals surface area contributed by atoms with Gasteiger partial charge in [-0.3, -0.25) is 10.5 Å². The van der Waals surface area contributed by atoms with E-state index in [-0.39, 0.29) is 54.2 Å². The first kappa shape index (κ1) is 29.9. The minimum absolute atomic E-state index is 0.0737. The Balaban J connectivity index is 1.24. The monoisotopic (exact) mass is 579 g/mol. The Morgan fingerprint density at radius 2 is 1.88 bits per heavy atom. The Hall–Kier alpha value is -1.14. The van der Waals surface area contributed by atoms with Crippen molar-refractivity contribution in [2.45, 2.75) is 133 Å². The summed E-state index contributed by atoms with van der Waals surface area (Å²) in [6.45, 7) is 7.91. The number of carbonyl (C=O) groups is 2. The second kappa shape index (κ2) is 11.4. The summed E-state index contributed by atoms with van der Waals surface area (Å²) in [7, 11) is 2.08.